The van der Waals surface area contributed by atoms with Crippen LogP contribution in [0.3, 0.4) is 0 Å². The maximum atomic E-state index is 5.55. The molecule has 0 N–H and O–H groups in total. The summed E-state index contributed by atoms with van der Waals surface area (Å²) in [6.07, 6.45) is 16.3. The molecule has 0 saturated heterocycles. The number of nitrogens with zero attached hydrogens (tertiary/aromatic N) is 3. The van der Waals surface area contributed by atoms with Crippen molar-refractivity contribution in [2.45, 2.75) is 87.9 Å². The molecule has 0 amide bonds. The van der Waals surface area contributed by atoms with Crippen molar-refractivity contribution in [1.29, 1.82) is 0 Å². The molecule has 9 aromatic rings. The Hall–Kier alpha value is -4.37. The fourth-order valence-electron chi connectivity index (χ4n) is 14.9. The van der Waals surface area contributed by atoms with Gasteiger partial charge >= 0.3 is 0 Å². The first-order chi connectivity index (χ1) is 24.7. The predicted octanol–water partition coefficient (Wildman–Crippen LogP) is 12.2. The Morgan fingerprint density at radius 2 is 1.12 bits per heavy atom. The molecule has 8 aliphatic carbocycles. The Bertz CT molecular complexity index is 2980. The summed E-state index contributed by atoms with van der Waals surface area (Å²) in [5.74, 6) is 6.32. The van der Waals surface area contributed by atoms with Gasteiger partial charge < -0.3 is 8.80 Å². The highest BCUT2D eigenvalue weighted by atomic mass is 15.0. The van der Waals surface area contributed by atoms with E-state index in [9.17, 15) is 0 Å². The van der Waals surface area contributed by atoms with E-state index in [1.165, 1.54) is 135 Å². The van der Waals surface area contributed by atoms with Crippen molar-refractivity contribution >= 4 is 76.2 Å². The summed E-state index contributed by atoms with van der Waals surface area (Å²) in [5.41, 5.74) is 15.1. The molecule has 0 aliphatic heterocycles. The van der Waals surface area contributed by atoms with Crippen LogP contribution in [0.4, 0.5) is 0 Å². The third-order valence-electron chi connectivity index (χ3n) is 16.0. The molecule has 3 nitrogen and oxygen atoms in total. The second-order valence-electron chi connectivity index (χ2n) is 18.3. The highest BCUT2D eigenvalue weighted by Crippen LogP contribution is 2.61. The van der Waals surface area contributed by atoms with Gasteiger partial charge in [-0.15, -0.1) is 0 Å². The second kappa shape index (κ2) is 8.23. The molecular formula is C47H39N3. The molecule has 0 spiro atoms. The number of rotatable bonds is 0. The molecular weight excluding hydrogens is 607 g/mol. The number of aromatic nitrogens is 3. The van der Waals surface area contributed by atoms with Gasteiger partial charge in [-0.25, -0.2) is 0 Å². The van der Waals surface area contributed by atoms with Gasteiger partial charge in [0.1, 0.15) is 0 Å². The van der Waals surface area contributed by atoms with E-state index in [1.807, 2.05) is 0 Å². The Labute approximate surface area is 289 Å². The average molecular weight is 646 g/mol. The zero-order chi connectivity index (χ0) is 31.7. The van der Waals surface area contributed by atoms with E-state index in [0.717, 1.165) is 29.6 Å². The largest absolute Gasteiger partial charge is 0.308 e. The quantitative estimate of drug-likeness (QED) is 0.161. The van der Waals surface area contributed by atoms with Crippen molar-refractivity contribution in [2.24, 2.45) is 23.7 Å². The van der Waals surface area contributed by atoms with Crippen molar-refractivity contribution in [1.82, 2.24) is 13.8 Å². The van der Waals surface area contributed by atoms with E-state index in [4.69, 9.17) is 4.98 Å². The van der Waals surface area contributed by atoms with E-state index in [-0.39, 0.29) is 0 Å². The first-order valence-corrected chi connectivity index (χ1v) is 20.0. The molecule has 5 aromatic heterocycles. The Balaban J connectivity index is 1.22. The monoisotopic (exact) mass is 645 g/mol. The molecule has 8 bridgehead atoms. The minimum absolute atomic E-state index is 0.637. The van der Waals surface area contributed by atoms with Gasteiger partial charge in [0.25, 0.3) is 0 Å². The summed E-state index contributed by atoms with van der Waals surface area (Å²) in [6.45, 7) is 0. The summed E-state index contributed by atoms with van der Waals surface area (Å²) >= 11 is 0. The minimum Gasteiger partial charge on any atom is -0.308 e. The summed E-state index contributed by atoms with van der Waals surface area (Å²) in [5, 5.41) is 11.9. The van der Waals surface area contributed by atoms with Crippen molar-refractivity contribution in [3.05, 3.63) is 89.2 Å². The van der Waals surface area contributed by atoms with E-state index >= 15 is 0 Å². The molecule has 17 rings (SSSR count). The Kier molecular flexibility index (Phi) is 4.20. The Morgan fingerprint density at radius 1 is 0.440 bits per heavy atom. The van der Waals surface area contributed by atoms with Gasteiger partial charge in [0, 0.05) is 54.7 Å². The lowest BCUT2D eigenvalue weighted by Crippen LogP contribution is -2.25. The third-order valence-corrected chi connectivity index (χ3v) is 16.0. The smallest absolute Gasteiger partial charge is 0.0728 e. The van der Waals surface area contributed by atoms with Crippen LogP contribution in [0.25, 0.3) is 76.2 Å². The molecule has 8 aliphatic rings. The van der Waals surface area contributed by atoms with Crippen LogP contribution < -0.4 is 0 Å². The van der Waals surface area contributed by atoms with Gasteiger partial charge in [0.2, 0.25) is 0 Å². The van der Waals surface area contributed by atoms with Crippen molar-refractivity contribution in [2.75, 3.05) is 0 Å². The molecule has 4 aromatic carbocycles. The molecule has 4 fully saturated rings. The molecule has 242 valence electrons. The van der Waals surface area contributed by atoms with Crippen LogP contribution in [0, 0.1) is 23.7 Å². The molecule has 0 radical (unpaired) electrons. The van der Waals surface area contributed by atoms with Crippen LogP contribution in [0.15, 0.2) is 66.9 Å². The summed E-state index contributed by atoms with van der Waals surface area (Å²) in [6, 6.07) is 24.1. The Morgan fingerprint density at radius 3 is 1.94 bits per heavy atom. The zero-order valence-electron chi connectivity index (χ0n) is 28.4. The molecule has 3 heteroatoms. The van der Waals surface area contributed by atoms with Gasteiger partial charge in [-0.2, -0.15) is 0 Å². The number of benzene rings is 4. The number of hydrogen-bond donors (Lipinski definition) is 0. The van der Waals surface area contributed by atoms with E-state index < -0.39 is 0 Å². The predicted molar refractivity (Wildman–Crippen MR) is 205 cm³/mol. The third kappa shape index (κ3) is 2.72. The van der Waals surface area contributed by atoms with Crippen LogP contribution in [0.2, 0.25) is 0 Å². The summed E-state index contributed by atoms with van der Waals surface area (Å²) in [7, 11) is 0. The minimum atomic E-state index is 0.637. The van der Waals surface area contributed by atoms with E-state index in [0.29, 0.717) is 17.8 Å². The van der Waals surface area contributed by atoms with Gasteiger partial charge in [-0.05, 0) is 141 Å². The molecule has 4 saturated carbocycles. The van der Waals surface area contributed by atoms with E-state index in [1.54, 1.807) is 27.5 Å². The second-order valence-corrected chi connectivity index (χ2v) is 18.3. The highest BCUT2D eigenvalue weighted by Gasteiger charge is 2.46. The van der Waals surface area contributed by atoms with Crippen LogP contribution in [0.5, 0.6) is 0 Å². The standard InChI is InChI=1S/C47H39N3/c1-2-7-35-31(4-1)32-5-3-6-33-41-37(49(35)46(32)33)20-34-42-36(9-8-30-26-12-22-10-23(13-26)15-27(14-22)39(30)42)50-38-21-48-45-29-18-24-11-25(19-29)17-28(16-24)40(45)43(38)44(41)47(34)50/h1-9,20-29H,10-19H2. The number of hydrogen-bond acceptors (Lipinski definition) is 1. The van der Waals surface area contributed by atoms with Crippen LogP contribution >= 0.6 is 0 Å². The highest BCUT2D eigenvalue weighted by molar-refractivity contribution is 6.38. The maximum absolute atomic E-state index is 5.55. The first kappa shape index (κ1) is 25.6. The zero-order valence-corrected chi connectivity index (χ0v) is 28.4. The number of pyridine rings is 1. The van der Waals surface area contributed by atoms with Crippen LogP contribution in [-0.2, 0) is 0 Å². The summed E-state index contributed by atoms with van der Waals surface area (Å²) < 4.78 is 5.40. The van der Waals surface area contributed by atoms with Crippen molar-refractivity contribution in [3.8, 4) is 0 Å². The van der Waals surface area contributed by atoms with Gasteiger partial charge in [-0.3, -0.25) is 4.98 Å². The lowest BCUT2D eigenvalue weighted by Gasteiger charge is -2.38. The van der Waals surface area contributed by atoms with Crippen LogP contribution in [0.1, 0.15) is 110 Å². The normalized spacial score (nSPS) is 31.2. The van der Waals surface area contributed by atoms with Crippen molar-refractivity contribution in [3.63, 3.8) is 0 Å². The van der Waals surface area contributed by atoms with Gasteiger partial charge in [-0.1, -0.05) is 42.5 Å². The van der Waals surface area contributed by atoms with Crippen molar-refractivity contribution < 1.29 is 0 Å². The molecule has 4 atom stereocenters. The van der Waals surface area contributed by atoms with E-state index in [2.05, 4.69) is 75.7 Å². The fraction of sp³-hybridized carbons (Fsp3) is 0.383. The maximum Gasteiger partial charge on any atom is 0.0728 e. The van der Waals surface area contributed by atoms with Crippen LogP contribution in [-0.4, -0.2) is 13.8 Å². The topological polar surface area (TPSA) is 21.7 Å². The number of fused-ring (bicyclic) bond motifs is 13. The SMILES string of the molecule is c1ccc2c(c1)c1cccc3c4c5c6c7c(ncc6n6c8ccc9c(c8c(cc4n2c13)c56)C1CC2CC(CC9C2)C1)C1CC2CC(C1)CC7C2. The molecule has 5 heterocycles. The van der Waals surface area contributed by atoms with Gasteiger partial charge in [0.05, 0.1) is 39.3 Å². The fourth-order valence-corrected chi connectivity index (χ4v) is 14.9. The first-order valence-electron chi connectivity index (χ1n) is 20.0. The lowest BCUT2D eigenvalue weighted by atomic mass is 9.67. The molecule has 4 unspecified atom stereocenters. The van der Waals surface area contributed by atoms with Gasteiger partial charge in [0.15, 0.2) is 0 Å². The summed E-state index contributed by atoms with van der Waals surface area (Å²) in [4.78, 5) is 5.55. The average Bonchev–Trinajstić information content (AvgIpc) is 3.79. The number of para-hydroxylation sites is 2. The molecule has 50 heavy (non-hydrogen) atoms. The lowest BCUT2D eigenvalue weighted by molar-refractivity contribution is 0.165.